The van der Waals surface area contributed by atoms with E-state index in [9.17, 15) is 9.59 Å². The van der Waals surface area contributed by atoms with Gasteiger partial charge in [0.2, 0.25) is 11.8 Å². The van der Waals surface area contributed by atoms with Crippen molar-refractivity contribution >= 4 is 11.8 Å². The van der Waals surface area contributed by atoms with Gasteiger partial charge >= 0.3 is 0 Å². The molecule has 1 N–H and O–H groups in total. The molecular formula is C13H24N2O4. The second kappa shape index (κ2) is 8.12. The van der Waals surface area contributed by atoms with E-state index in [0.717, 1.165) is 12.8 Å². The molecule has 0 aromatic rings. The molecule has 0 aromatic heterocycles. The number of hydrogen-bond acceptors (Lipinski definition) is 4. The smallest absolute Gasteiger partial charge is 0.245 e. The highest BCUT2D eigenvalue weighted by molar-refractivity contribution is 5.96. The van der Waals surface area contributed by atoms with Crippen LogP contribution in [0.25, 0.3) is 0 Å². The third-order valence-electron chi connectivity index (χ3n) is 3.23. The van der Waals surface area contributed by atoms with Crippen molar-refractivity contribution in [3.05, 3.63) is 0 Å². The van der Waals surface area contributed by atoms with Gasteiger partial charge in [-0.15, -0.1) is 0 Å². The summed E-state index contributed by atoms with van der Waals surface area (Å²) in [7, 11) is 1.64. The molecule has 1 heterocycles. The maximum absolute atomic E-state index is 11.9. The number of nitrogens with zero attached hydrogens (tertiary/aromatic N) is 1. The van der Waals surface area contributed by atoms with Crippen LogP contribution < -0.4 is 5.32 Å². The Balaban J connectivity index is 2.23. The van der Waals surface area contributed by atoms with Gasteiger partial charge in [0.15, 0.2) is 0 Å². The van der Waals surface area contributed by atoms with Crippen LogP contribution in [0.2, 0.25) is 0 Å². The van der Waals surface area contributed by atoms with E-state index in [0.29, 0.717) is 26.4 Å². The average molecular weight is 272 g/mol. The van der Waals surface area contributed by atoms with Gasteiger partial charge in [-0.25, -0.2) is 0 Å². The fourth-order valence-corrected chi connectivity index (χ4v) is 2.01. The molecule has 110 valence electrons. The summed E-state index contributed by atoms with van der Waals surface area (Å²) in [4.78, 5) is 25.2. The number of carbonyl (C=O) groups is 2. The number of methoxy groups -OCH3 is 1. The zero-order valence-electron chi connectivity index (χ0n) is 12.0. The summed E-state index contributed by atoms with van der Waals surface area (Å²) in [5.41, 5.74) is 0. The highest BCUT2D eigenvalue weighted by Crippen LogP contribution is 2.10. The van der Waals surface area contributed by atoms with E-state index < -0.39 is 6.04 Å². The van der Waals surface area contributed by atoms with E-state index in [1.165, 1.54) is 0 Å². The molecule has 19 heavy (non-hydrogen) atoms. The summed E-state index contributed by atoms with van der Waals surface area (Å²) in [5.74, 6) is -0.0872. The third-order valence-corrected chi connectivity index (χ3v) is 3.23. The standard InChI is InChI=1S/C13H24N2O4/c1-10-13(17)15(11(2)12(16)14-10)6-4-5-7-19-9-8-18-3/h10-11H,4-9H2,1-3H3,(H,14,16). The van der Waals surface area contributed by atoms with Crippen LogP contribution in [0.5, 0.6) is 0 Å². The van der Waals surface area contributed by atoms with Crippen LogP contribution in [0.15, 0.2) is 0 Å². The van der Waals surface area contributed by atoms with Gasteiger partial charge in [-0.05, 0) is 26.7 Å². The Hall–Kier alpha value is -1.14. The first-order chi connectivity index (χ1) is 9.07. The molecule has 6 nitrogen and oxygen atoms in total. The van der Waals surface area contributed by atoms with Crippen molar-refractivity contribution in [2.75, 3.05) is 33.5 Å². The zero-order valence-corrected chi connectivity index (χ0v) is 12.0. The van der Waals surface area contributed by atoms with Gasteiger partial charge in [-0.1, -0.05) is 0 Å². The predicted octanol–water partition coefficient (Wildman–Crippen LogP) is 0.165. The van der Waals surface area contributed by atoms with Crippen molar-refractivity contribution < 1.29 is 19.1 Å². The minimum absolute atomic E-state index is 0.00704. The van der Waals surface area contributed by atoms with Crippen LogP contribution >= 0.6 is 0 Å². The summed E-state index contributed by atoms with van der Waals surface area (Å²) in [6.45, 7) is 5.92. The Bertz CT molecular complexity index is 309. The van der Waals surface area contributed by atoms with E-state index in [4.69, 9.17) is 9.47 Å². The SMILES string of the molecule is COCCOCCCCN1C(=O)C(C)NC(=O)C1C. The lowest BCUT2D eigenvalue weighted by molar-refractivity contribution is -0.148. The maximum atomic E-state index is 11.9. The van der Waals surface area contributed by atoms with Crippen molar-refractivity contribution in [2.45, 2.75) is 38.8 Å². The Morgan fingerprint density at radius 3 is 2.58 bits per heavy atom. The van der Waals surface area contributed by atoms with Crippen molar-refractivity contribution in [1.82, 2.24) is 10.2 Å². The molecule has 6 heteroatoms. The van der Waals surface area contributed by atoms with E-state index in [-0.39, 0.29) is 17.9 Å². The summed E-state index contributed by atoms with van der Waals surface area (Å²) in [6.07, 6.45) is 1.71. The summed E-state index contributed by atoms with van der Waals surface area (Å²) >= 11 is 0. The first-order valence-electron chi connectivity index (χ1n) is 6.75. The molecule has 1 fully saturated rings. The number of unbranched alkanes of at least 4 members (excludes halogenated alkanes) is 1. The number of ether oxygens (including phenoxy) is 2. The lowest BCUT2D eigenvalue weighted by Crippen LogP contribution is -2.61. The molecule has 2 atom stereocenters. The van der Waals surface area contributed by atoms with Crippen molar-refractivity contribution in [1.29, 1.82) is 0 Å². The van der Waals surface area contributed by atoms with Gasteiger partial charge in [-0.2, -0.15) is 0 Å². The molecule has 1 saturated heterocycles. The van der Waals surface area contributed by atoms with E-state index in [1.54, 1.807) is 25.9 Å². The second-order valence-corrected chi connectivity index (χ2v) is 4.75. The summed E-state index contributed by atoms with van der Waals surface area (Å²) in [6, 6.07) is -0.792. The second-order valence-electron chi connectivity index (χ2n) is 4.75. The summed E-state index contributed by atoms with van der Waals surface area (Å²) < 4.78 is 10.2. The minimum atomic E-state index is -0.415. The molecule has 2 amide bonds. The first-order valence-corrected chi connectivity index (χ1v) is 6.75. The molecule has 0 spiro atoms. The van der Waals surface area contributed by atoms with Gasteiger partial charge in [0.05, 0.1) is 13.2 Å². The fourth-order valence-electron chi connectivity index (χ4n) is 2.01. The van der Waals surface area contributed by atoms with Crippen LogP contribution in [-0.4, -0.2) is 62.3 Å². The Morgan fingerprint density at radius 1 is 1.16 bits per heavy atom. The zero-order chi connectivity index (χ0) is 14.3. The number of carbonyl (C=O) groups excluding carboxylic acids is 2. The largest absolute Gasteiger partial charge is 0.382 e. The molecule has 1 aliphatic heterocycles. The van der Waals surface area contributed by atoms with Gasteiger partial charge < -0.3 is 19.7 Å². The van der Waals surface area contributed by atoms with Crippen LogP contribution in [0.1, 0.15) is 26.7 Å². The van der Waals surface area contributed by atoms with Crippen LogP contribution in [0, 0.1) is 0 Å². The van der Waals surface area contributed by atoms with Crippen LogP contribution in [0.4, 0.5) is 0 Å². The maximum Gasteiger partial charge on any atom is 0.245 e. The van der Waals surface area contributed by atoms with E-state index in [1.807, 2.05) is 0 Å². The van der Waals surface area contributed by atoms with E-state index in [2.05, 4.69) is 5.32 Å². The van der Waals surface area contributed by atoms with Gasteiger partial charge in [0, 0.05) is 20.3 Å². The Kier molecular flexibility index (Phi) is 6.80. The Morgan fingerprint density at radius 2 is 1.89 bits per heavy atom. The van der Waals surface area contributed by atoms with Crippen LogP contribution in [0.3, 0.4) is 0 Å². The molecule has 1 rings (SSSR count). The lowest BCUT2D eigenvalue weighted by Gasteiger charge is -2.36. The normalized spacial score (nSPS) is 23.6. The minimum Gasteiger partial charge on any atom is -0.382 e. The Labute approximate surface area is 114 Å². The third kappa shape index (κ3) is 4.80. The predicted molar refractivity (Wildman–Crippen MR) is 70.7 cm³/mol. The molecule has 0 aliphatic carbocycles. The first kappa shape index (κ1) is 15.9. The van der Waals surface area contributed by atoms with Crippen LogP contribution in [-0.2, 0) is 19.1 Å². The number of amides is 2. The number of piperazine rings is 1. The monoisotopic (exact) mass is 272 g/mol. The molecule has 0 radical (unpaired) electrons. The average Bonchev–Trinajstić information content (AvgIpc) is 2.39. The van der Waals surface area contributed by atoms with Gasteiger partial charge in [-0.3, -0.25) is 9.59 Å². The van der Waals surface area contributed by atoms with E-state index >= 15 is 0 Å². The molecule has 1 aliphatic rings. The number of nitrogens with one attached hydrogen (secondary N) is 1. The topological polar surface area (TPSA) is 67.9 Å². The molecular weight excluding hydrogens is 248 g/mol. The molecule has 2 unspecified atom stereocenters. The quantitative estimate of drug-likeness (QED) is 0.639. The van der Waals surface area contributed by atoms with Crippen molar-refractivity contribution in [3.63, 3.8) is 0 Å². The molecule has 0 aromatic carbocycles. The fraction of sp³-hybridized carbons (Fsp3) is 0.846. The number of rotatable bonds is 8. The summed E-state index contributed by atoms with van der Waals surface area (Å²) in [5, 5.41) is 2.66. The van der Waals surface area contributed by atoms with Gasteiger partial charge in [0.1, 0.15) is 12.1 Å². The molecule has 0 saturated carbocycles. The van der Waals surface area contributed by atoms with Crippen molar-refractivity contribution in [2.24, 2.45) is 0 Å². The highest BCUT2D eigenvalue weighted by Gasteiger charge is 2.34. The van der Waals surface area contributed by atoms with Crippen molar-refractivity contribution in [3.8, 4) is 0 Å². The lowest BCUT2D eigenvalue weighted by atomic mass is 10.1. The number of hydrogen-bond donors (Lipinski definition) is 1. The molecule has 0 bridgehead atoms. The van der Waals surface area contributed by atoms with Gasteiger partial charge in [0.25, 0.3) is 0 Å². The highest BCUT2D eigenvalue weighted by atomic mass is 16.5.